The standard InChI is InChI=1S/C41H78N8O9/c1-41(2,3)58-28-37(53)47-27-32(50)24-29(14-4-9-19-42)38(54)48-33(17-7-12-22-45)35(51)25-30(15-5-10-20-43)39(55)49-34(18-8-13-23-46)36(52)26-31(40(56)57)16-6-11-21-44/h29-31,33-34H,4-28,42-46H2,1-3H3,(H,47,53)(H,48,54)(H,49,55)(H,56,57)/t29-,30-,31-,33+,34+/m1/s1. The molecule has 0 fully saturated rings. The van der Waals surface area contributed by atoms with Gasteiger partial charge in [-0.05, 0) is 131 Å². The Labute approximate surface area is 346 Å². The SMILES string of the molecule is CC(C)(C)OCC(=O)NCC(=O)C[C@@H](CCCCN)C(=O)N[C@@H](CCCCN)C(=O)C[C@@H](CCCCN)C(=O)N[C@@H](CCCCN)C(=O)C[C@@H](CCCCN)C(=O)O. The van der Waals surface area contributed by atoms with Crippen molar-refractivity contribution in [3.63, 3.8) is 0 Å². The van der Waals surface area contributed by atoms with Crippen molar-refractivity contribution >= 4 is 41.0 Å². The molecule has 0 aromatic rings. The quantitative estimate of drug-likeness (QED) is 0.0400. The lowest BCUT2D eigenvalue weighted by atomic mass is 9.89. The Balaban J connectivity index is 6.18. The maximum Gasteiger partial charge on any atom is 0.306 e. The highest BCUT2D eigenvalue weighted by molar-refractivity contribution is 5.96. The van der Waals surface area contributed by atoms with Crippen molar-refractivity contribution in [2.45, 2.75) is 154 Å². The molecule has 0 aromatic heterocycles. The van der Waals surface area contributed by atoms with Crippen molar-refractivity contribution in [3.05, 3.63) is 0 Å². The Morgan fingerprint density at radius 2 is 0.897 bits per heavy atom. The number of carboxylic acids is 1. The smallest absolute Gasteiger partial charge is 0.306 e. The van der Waals surface area contributed by atoms with Gasteiger partial charge in [-0.25, -0.2) is 0 Å². The first-order chi connectivity index (χ1) is 27.5. The highest BCUT2D eigenvalue weighted by Gasteiger charge is 2.33. The molecule has 0 unspecified atom stereocenters. The normalized spacial score (nSPS) is 14.1. The molecule has 3 amide bonds. The number of aliphatic carboxylic acids is 1. The first kappa shape index (κ1) is 54.6. The molecule has 0 heterocycles. The third kappa shape index (κ3) is 26.6. The first-order valence-electron chi connectivity index (χ1n) is 21.3. The second-order valence-corrected chi connectivity index (χ2v) is 16.2. The average molecular weight is 827 g/mol. The van der Waals surface area contributed by atoms with Gasteiger partial charge in [-0.2, -0.15) is 0 Å². The van der Waals surface area contributed by atoms with E-state index in [1.54, 1.807) is 20.8 Å². The zero-order valence-electron chi connectivity index (χ0n) is 35.7. The summed E-state index contributed by atoms with van der Waals surface area (Å²) < 4.78 is 5.46. The van der Waals surface area contributed by atoms with Crippen LogP contribution in [0.5, 0.6) is 0 Å². The number of unbranched alkanes of at least 4 members (excludes halogenated alkanes) is 5. The number of hydrogen-bond donors (Lipinski definition) is 9. The molecular weight excluding hydrogens is 748 g/mol. The molecule has 5 atom stereocenters. The number of nitrogens with two attached hydrogens (primary N) is 5. The van der Waals surface area contributed by atoms with E-state index in [9.17, 15) is 38.7 Å². The van der Waals surface area contributed by atoms with E-state index in [1.807, 2.05) is 0 Å². The minimum absolute atomic E-state index is 0.167. The van der Waals surface area contributed by atoms with Gasteiger partial charge < -0.3 is 54.5 Å². The molecule has 0 aliphatic carbocycles. The van der Waals surface area contributed by atoms with Crippen LogP contribution in [-0.4, -0.2) is 110 Å². The monoisotopic (exact) mass is 827 g/mol. The molecule has 336 valence electrons. The highest BCUT2D eigenvalue weighted by atomic mass is 16.5. The van der Waals surface area contributed by atoms with Crippen molar-refractivity contribution in [2.24, 2.45) is 46.4 Å². The van der Waals surface area contributed by atoms with Gasteiger partial charge in [0.1, 0.15) is 6.61 Å². The largest absolute Gasteiger partial charge is 0.481 e. The van der Waals surface area contributed by atoms with Crippen LogP contribution < -0.4 is 44.6 Å². The molecule has 17 heteroatoms. The van der Waals surface area contributed by atoms with Crippen LogP contribution in [0, 0.1) is 17.8 Å². The molecule has 14 N–H and O–H groups in total. The van der Waals surface area contributed by atoms with Crippen LogP contribution in [0.4, 0.5) is 0 Å². The Morgan fingerprint density at radius 3 is 1.28 bits per heavy atom. The van der Waals surface area contributed by atoms with E-state index in [1.165, 1.54) is 0 Å². The van der Waals surface area contributed by atoms with Crippen LogP contribution in [0.25, 0.3) is 0 Å². The number of Topliss-reactive ketones (excluding diaryl/α,β-unsaturated/α-hetero) is 3. The number of carbonyl (C=O) groups is 7. The number of carboxylic acid groups (broad SMARTS) is 1. The minimum Gasteiger partial charge on any atom is -0.481 e. The van der Waals surface area contributed by atoms with Crippen molar-refractivity contribution in [3.8, 4) is 0 Å². The first-order valence-corrected chi connectivity index (χ1v) is 21.3. The molecule has 0 aliphatic rings. The maximum absolute atomic E-state index is 14.1. The molecule has 0 saturated carbocycles. The fraction of sp³-hybridized carbons (Fsp3) is 0.829. The van der Waals surface area contributed by atoms with E-state index in [0.717, 1.165) is 0 Å². The predicted octanol–water partition coefficient (Wildman–Crippen LogP) is 1.34. The highest BCUT2D eigenvalue weighted by Crippen LogP contribution is 2.21. The van der Waals surface area contributed by atoms with Gasteiger partial charge >= 0.3 is 5.97 Å². The summed E-state index contributed by atoms with van der Waals surface area (Å²) >= 11 is 0. The van der Waals surface area contributed by atoms with E-state index in [4.69, 9.17) is 33.4 Å². The van der Waals surface area contributed by atoms with Gasteiger partial charge in [0.05, 0.1) is 30.1 Å². The molecule has 0 rings (SSSR count). The van der Waals surface area contributed by atoms with Crippen LogP contribution >= 0.6 is 0 Å². The molecule has 0 spiro atoms. The lowest BCUT2D eigenvalue weighted by Crippen LogP contribution is -2.47. The number of ether oxygens (including phenoxy) is 1. The van der Waals surface area contributed by atoms with E-state index in [2.05, 4.69) is 16.0 Å². The fourth-order valence-corrected chi connectivity index (χ4v) is 6.41. The summed E-state index contributed by atoms with van der Waals surface area (Å²) in [6.45, 7) is 6.84. The van der Waals surface area contributed by atoms with Gasteiger partial charge in [-0.3, -0.25) is 33.6 Å². The second kappa shape index (κ2) is 32.5. The van der Waals surface area contributed by atoms with Crippen molar-refractivity contribution in [2.75, 3.05) is 45.9 Å². The summed E-state index contributed by atoms with van der Waals surface area (Å²) in [6.07, 6.45) is 6.49. The van der Waals surface area contributed by atoms with Gasteiger partial charge in [-0.15, -0.1) is 0 Å². The molecular formula is C41H78N8O9. The third-order valence-corrected chi connectivity index (χ3v) is 9.90. The van der Waals surface area contributed by atoms with Crippen LogP contribution in [0.1, 0.15) is 136 Å². The van der Waals surface area contributed by atoms with Crippen LogP contribution in [0.2, 0.25) is 0 Å². The Bertz CT molecular complexity index is 1230. The van der Waals surface area contributed by atoms with E-state index in [0.29, 0.717) is 110 Å². The third-order valence-electron chi connectivity index (χ3n) is 9.90. The number of carbonyl (C=O) groups excluding carboxylic acids is 6. The topological polar surface area (TPSA) is 315 Å². The second-order valence-electron chi connectivity index (χ2n) is 16.2. The van der Waals surface area contributed by atoms with Crippen molar-refractivity contribution < 1.29 is 43.4 Å². The molecule has 0 saturated heterocycles. The van der Waals surface area contributed by atoms with Gasteiger partial charge in [0.15, 0.2) is 17.3 Å². The van der Waals surface area contributed by atoms with E-state index < -0.39 is 64.9 Å². The maximum atomic E-state index is 14.1. The number of hydrogen-bond acceptors (Lipinski definition) is 13. The van der Waals surface area contributed by atoms with Crippen LogP contribution in [0.15, 0.2) is 0 Å². The lowest BCUT2D eigenvalue weighted by Gasteiger charge is -2.26. The summed E-state index contributed by atoms with van der Waals surface area (Å²) in [4.78, 5) is 92.6. The van der Waals surface area contributed by atoms with Gasteiger partial charge in [0, 0.05) is 31.1 Å². The van der Waals surface area contributed by atoms with Crippen molar-refractivity contribution in [1.29, 1.82) is 0 Å². The summed E-state index contributed by atoms with van der Waals surface area (Å²) in [5, 5.41) is 18.0. The van der Waals surface area contributed by atoms with Gasteiger partial charge in [-0.1, -0.05) is 19.3 Å². The van der Waals surface area contributed by atoms with E-state index in [-0.39, 0.29) is 63.2 Å². The summed E-state index contributed by atoms with van der Waals surface area (Å²) in [5.41, 5.74) is 27.9. The number of ketones is 3. The van der Waals surface area contributed by atoms with E-state index >= 15 is 0 Å². The van der Waals surface area contributed by atoms with Crippen LogP contribution in [0.3, 0.4) is 0 Å². The number of nitrogens with one attached hydrogen (secondary N) is 3. The van der Waals surface area contributed by atoms with Gasteiger partial charge in [0.2, 0.25) is 17.7 Å². The molecule has 0 bridgehead atoms. The lowest BCUT2D eigenvalue weighted by molar-refractivity contribution is -0.144. The number of rotatable bonds is 37. The van der Waals surface area contributed by atoms with Crippen LogP contribution in [-0.2, 0) is 38.3 Å². The average Bonchev–Trinajstić information content (AvgIpc) is 3.17. The summed E-state index contributed by atoms with van der Waals surface area (Å²) in [5.74, 6) is -6.28. The Morgan fingerprint density at radius 1 is 0.534 bits per heavy atom. The molecule has 0 aliphatic heterocycles. The van der Waals surface area contributed by atoms with Gasteiger partial charge in [0.25, 0.3) is 0 Å². The minimum atomic E-state index is -1.09. The fourth-order valence-electron chi connectivity index (χ4n) is 6.41. The Kier molecular flexibility index (Phi) is 30.6. The molecule has 0 radical (unpaired) electrons. The zero-order chi connectivity index (χ0) is 43.9. The zero-order valence-corrected chi connectivity index (χ0v) is 35.7. The Hall–Kier alpha value is -3.35. The molecule has 17 nitrogen and oxygen atoms in total. The molecule has 0 aromatic carbocycles. The molecule has 58 heavy (non-hydrogen) atoms. The summed E-state index contributed by atoms with van der Waals surface area (Å²) in [7, 11) is 0. The van der Waals surface area contributed by atoms with Crippen molar-refractivity contribution in [1.82, 2.24) is 16.0 Å². The predicted molar refractivity (Wildman–Crippen MR) is 224 cm³/mol. The summed E-state index contributed by atoms with van der Waals surface area (Å²) in [6, 6.07) is -1.94. The number of amides is 3.